The zero-order valence-electron chi connectivity index (χ0n) is 8.35. The Balaban J connectivity index is 2.25. The predicted octanol–water partition coefficient (Wildman–Crippen LogP) is 3.63. The molecule has 0 aliphatic rings. The summed E-state index contributed by atoms with van der Waals surface area (Å²) in [4.78, 5) is 4.18. The number of aromatic nitrogens is 1. The van der Waals surface area contributed by atoms with Crippen LogP contribution in [0.25, 0.3) is 22.2 Å². The highest BCUT2D eigenvalue weighted by Crippen LogP contribution is 2.27. The fourth-order valence-corrected chi connectivity index (χ4v) is 1.73. The van der Waals surface area contributed by atoms with Crippen molar-refractivity contribution in [3.63, 3.8) is 0 Å². The van der Waals surface area contributed by atoms with Crippen molar-refractivity contribution in [1.29, 1.82) is 0 Å². The zero-order valence-corrected chi connectivity index (χ0v) is 8.35. The maximum absolute atomic E-state index is 12.8. The van der Waals surface area contributed by atoms with Gasteiger partial charge in [0.15, 0.2) is 5.58 Å². The molecule has 16 heavy (non-hydrogen) atoms. The van der Waals surface area contributed by atoms with Crippen LogP contribution in [0.3, 0.4) is 0 Å². The first-order valence-electron chi connectivity index (χ1n) is 4.93. The zero-order chi connectivity index (χ0) is 11.0. The van der Waals surface area contributed by atoms with Gasteiger partial charge in [-0.05, 0) is 23.8 Å². The maximum Gasteiger partial charge on any atom is 0.160 e. The number of benzene rings is 1. The van der Waals surface area contributed by atoms with Crippen LogP contribution in [-0.2, 0) is 0 Å². The highest BCUT2D eigenvalue weighted by molar-refractivity contribution is 5.89. The first-order valence-corrected chi connectivity index (χ1v) is 4.93. The summed E-state index contributed by atoms with van der Waals surface area (Å²) in [7, 11) is 0. The van der Waals surface area contributed by atoms with E-state index < -0.39 is 0 Å². The molecule has 0 unspecified atom stereocenters. The van der Waals surface area contributed by atoms with E-state index in [1.54, 1.807) is 24.6 Å². The third-order valence-electron chi connectivity index (χ3n) is 2.50. The van der Waals surface area contributed by atoms with Gasteiger partial charge in [0.05, 0.1) is 6.26 Å². The smallest absolute Gasteiger partial charge is 0.160 e. The van der Waals surface area contributed by atoms with Gasteiger partial charge in [0, 0.05) is 17.8 Å². The van der Waals surface area contributed by atoms with Gasteiger partial charge in [0.2, 0.25) is 0 Å². The summed E-state index contributed by atoms with van der Waals surface area (Å²) < 4.78 is 18.2. The fourth-order valence-electron chi connectivity index (χ4n) is 1.73. The number of hydrogen-bond acceptors (Lipinski definition) is 2. The quantitative estimate of drug-likeness (QED) is 0.616. The van der Waals surface area contributed by atoms with Gasteiger partial charge in [-0.3, -0.25) is 4.98 Å². The van der Waals surface area contributed by atoms with Crippen molar-refractivity contribution in [2.24, 2.45) is 0 Å². The largest absolute Gasteiger partial charge is 0.462 e. The Kier molecular flexibility index (Phi) is 1.96. The number of nitrogens with zero attached hydrogens (tertiary/aromatic N) is 1. The molecule has 0 saturated heterocycles. The van der Waals surface area contributed by atoms with E-state index >= 15 is 0 Å². The summed E-state index contributed by atoms with van der Waals surface area (Å²) >= 11 is 0. The lowest BCUT2D eigenvalue weighted by atomic mass is 10.1. The monoisotopic (exact) mass is 213 g/mol. The van der Waals surface area contributed by atoms with E-state index in [0.29, 0.717) is 0 Å². The summed E-state index contributed by atoms with van der Waals surface area (Å²) in [6, 6.07) is 10.00. The number of fused-ring (bicyclic) bond motifs is 1. The molecule has 1 aromatic carbocycles. The third-order valence-corrected chi connectivity index (χ3v) is 2.50. The van der Waals surface area contributed by atoms with E-state index in [1.165, 1.54) is 12.1 Å². The molecule has 0 bridgehead atoms. The number of furan rings is 1. The molecule has 0 fully saturated rings. The molecule has 0 N–H and O–H groups in total. The fraction of sp³-hybridized carbons (Fsp3) is 0. The lowest BCUT2D eigenvalue weighted by Gasteiger charge is -2.01. The van der Waals surface area contributed by atoms with Crippen molar-refractivity contribution in [3.8, 4) is 11.1 Å². The molecule has 0 aliphatic heterocycles. The van der Waals surface area contributed by atoms with Crippen LogP contribution in [0.5, 0.6) is 0 Å². The van der Waals surface area contributed by atoms with Crippen LogP contribution in [-0.4, -0.2) is 4.98 Å². The molecule has 0 atom stereocenters. The van der Waals surface area contributed by atoms with Crippen LogP contribution in [0.1, 0.15) is 0 Å². The molecule has 0 amide bonds. The van der Waals surface area contributed by atoms with Crippen LogP contribution < -0.4 is 0 Å². The van der Waals surface area contributed by atoms with Crippen molar-refractivity contribution in [3.05, 3.63) is 54.7 Å². The SMILES string of the molecule is Fc1ccc(-c2ccnc3ccoc23)cc1. The van der Waals surface area contributed by atoms with Crippen molar-refractivity contribution >= 4 is 11.1 Å². The molecule has 0 spiro atoms. The molecule has 78 valence electrons. The molecule has 2 nitrogen and oxygen atoms in total. The Morgan fingerprint density at radius 3 is 2.62 bits per heavy atom. The predicted molar refractivity (Wildman–Crippen MR) is 59.4 cm³/mol. The number of hydrogen-bond donors (Lipinski definition) is 0. The van der Waals surface area contributed by atoms with Crippen LogP contribution in [0, 0.1) is 5.82 Å². The highest BCUT2D eigenvalue weighted by Gasteiger charge is 2.06. The normalized spacial score (nSPS) is 10.8. The highest BCUT2D eigenvalue weighted by atomic mass is 19.1. The van der Waals surface area contributed by atoms with E-state index in [-0.39, 0.29) is 5.82 Å². The first kappa shape index (κ1) is 9.09. The molecule has 3 heteroatoms. The summed E-state index contributed by atoms with van der Waals surface area (Å²) in [6.07, 6.45) is 3.32. The Bertz CT molecular complexity index is 628. The molecular weight excluding hydrogens is 205 g/mol. The molecule has 2 heterocycles. The van der Waals surface area contributed by atoms with Gasteiger partial charge >= 0.3 is 0 Å². The second kappa shape index (κ2) is 3.45. The molecular formula is C13H8FNO. The van der Waals surface area contributed by atoms with Gasteiger partial charge in [-0.2, -0.15) is 0 Å². The summed E-state index contributed by atoms with van der Waals surface area (Å²) in [5.41, 5.74) is 3.38. The minimum atomic E-state index is -0.242. The van der Waals surface area contributed by atoms with Crippen molar-refractivity contribution in [2.75, 3.05) is 0 Å². The van der Waals surface area contributed by atoms with Crippen LogP contribution in [0.4, 0.5) is 4.39 Å². The van der Waals surface area contributed by atoms with Gasteiger partial charge in [0.25, 0.3) is 0 Å². The number of halogens is 1. The Morgan fingerprint density at radius 1 is 1.00 bits per heavy atom. The topological polar surface area (TPSA) is 26.0 Å². The van der Waals surface area contributed by atoms with Crippen molar-refractivity contribution in [1.82, 2.24) is 4.98 Å². The van der Waals surface area contributed by atoms with E-state index in [4.69, 9.17) is 4.42 Å². The minimum absolute atomic E-state index is 0.242. The van der Waals surface area contributed by atoms with Gasteiger partial charge in [-0.15, -0.1) is 0 Å². The van der Waals surface area contributed by atoms with Gasteiger partial charge in [-0.1, -0.05) is 12.1 Å². The van der Waals surface area contributed by atoms with Crippen molar-refractivity contribution in [2.45, 2.75) is 0 Å². The number of pyridine rings is 1. The lowest BCUT2D eigenvalue weighted by molar-refractivity contribution is 0.616. The van der Waals surface area contributed by atoms with E-state index in [0.717, 1.165) is 22.2 Å². The molecule has 0 aliphatic carbocycles. The molecule has 0 saturated carbocycles. The second-order valence-corrected chi connectivity index (χ2v) is 3.50. The van der Waals surface area contributed by atoms with Gasteiger partial charge in [0.1, 0.15) is 11.3 Å². The van der Waals surface area contributed by atoms with Crippen LogP contribution in [0.15, 0.2) is 53.3 Å². The average molecular weight is 213 g/mol. The minimum Gasteiger partial charge on any atom is -0.462 e. The Morgan fingerprint density at radius 2 is 1.81 bits per heavy atom. The first-order chi connectivity index (χ1) is 7.84. The second-order valence-electron chi connectivity index (χ2n) is 3.50. The van der Waals surface area contributed by atoms with E-state index in [2.05, 4.69) is 4.98 Å². The third kappa shape index (κ3) is 1.37. The van der Waals surface area contributed by atoms with E-state index in [1.807, 2.05) is 12.1 Å². The Hall–Kier alpha value is -2.16. The average Bonchev–Trinajstić information content (AvgIpc) is 2.78. The van der Waals surface area contributed by atoms with Crippen LogP contribution >= 0.6 is 0 Å². The Labute approximate surface area is 91.3 Å². The molecule has 2 aromatic heterocycles. The standard InChI is InChI=1S/C13H8FNO/c14-10-3-1-9(2-4-10)11-5-7-15-12-6-8-16-13(11)12/h1-8H. The lowest BCUT2D eigenvalue weighted by Crippen LogP contribution is -1.81. The maximum atomic E-state index is 12.8. The molecule has 3 aromatic rings. The van der Waals surface area contributed by atoms with Crippen LogP contribution in [0.2, 0.25) is 0 Å². The van der Waals surface area contributed by atoms with Gasteiger partial charge < -0.3 is 4.42 Å². The molecule has 3 rings (SSSR count). The number of rotatable bonds is 1. The molecule has 0 radical (unpaired) electrons. The van der Waals surface area contributed by atoms with Gasteiger partial charge in [-0.25, -0.2) is 4.39 Å². The summed E-state index contributed by atoms with van der Waals surface area (Å²) in [5, 5.41) is 0. The van der Waals surface area contributed by atoms with Crippen molar-refractivity contribution < 1.29 is 8.81 Å². The summed E-state index contributed by atoms with van der Waals surface area (Å²) in [5.74, 6) is -0.242. The summed E-state index contributed by atoms with van der Waals surface area (Å²) in [6.45, 7) is 0. The van der Waals surface area contributed by atoms with E-state index in [9.17, 15) is 4.39 Å².